The minimum absolute atomic E-state index is 0.343. The molecule has 3 aromatic rings. The van der Waals surface area contributed by atoms with Gasteiger partial charge in [0.1, 0.15) is 0 Å². The van der Waals surface area contributed by atoms with E-state index in [0.717, 1.165) is 22.6 Å². The van der Waals surface area contributed by atoms with Crippen molar-refractivity contribution in [2.75, 3.05) is 17.3 Å². The van der Waals surface area contributed by atoms with Crippen molar-refractivity contribution in [3.05, 3.63) is 54.1 Å². The van der Waals surface area contributed by atoms with Crippen molar-refractivity contribution in [1.29, 1.82) is 0 Å². The first-order valence-electron chi connectivity index (χ1n) is 8.32. The van der Waals surface area contributed by atoms with Crippen molar-refractivity contribution in [3.63, 3.8) is 0 Å². The summed E-state index contributed by atoms with van der Waals surface area (Å²) in [5.41, 5.74) is 3.60. The summed E-state index contributed by atoms with van der Waals surface area (Å²) in [4.78, 5) is 5.81. The molecule has 0 amide bonds. The Bertz CT molecular complexity index is 918. The maximum atomic E-state index is 6.24. The number of para-hydroxylation sites is 1. The van der Waals surface area contributed by atoms with Gasteiger partial charge in [0.15, 0.2) is 11.9 Å². The molecule has 26 heavy (non-hydrogen) atoms. The number of rotatable bonds is 4. The van der Waals surface area contributed by atoms with Gasteiger partial charge in [0.25, 0.3) is 0 Å². The Balaban J connectivity index is 1.79. The molecule has 4 rings (SSSR count). The van der Waals surface area contributed by atoms with E-state index in [2.05, 4.69) is 57.9 Å². The molecule has 0 radical (unpaired) electrons. The van der Waals surface area contributed by atoms with Crippen molar-refractivity contribution in [2.45, 2.75) is 23.2 Å². The molecule has 0 bridgehead atoms. The fourth-order valence-electron chi connectivity index (χ4n) is 2.77. The van der Waals surface area contributed by atoms with E-state index in [1.165, 1.54) is 4.90 Å². The highest BCUT2D eigenvalue weighted by Gasteiger charge is 2.25. The van der Waals surface area contributed by atoms with E-state index in [-0.39, 0.29) is 6.23 Å². The Morgan fingerprint density at radius 1 is 1.08 bits per heavy atom. The van der Waals surface area contributed by atoms with E-state index in [1.54, 1.807) is 23.5 Å². The normalized spacial score (nSPS) is 15.2. The van der Waals surface area contributed by atoms with Gasteiger partial charge in [-0.3, -0.25) is 0 Å². The third-order valence-corrected chi connectivity index (χ3v) is 5.49. The molecule has 1 aliphatic rings. The predicted molar refractivity (Wildman–Crippen MR) is 107 cm³/mol. The largest absolute Gasteiger partial charge is 0.448 e. The minimum Gasteiger partial charge on any atom is -0.448 e. The molecule has 5 nitrogen and oxygen atoms in total. The number of aromatic nitrogens is 3. The van der Waals surface area contributed by atoms with Crippen LogP contribution in [-0.2, 0) is 0 Å². The zero-order valence-electron chi connectivity index (χ0n) is 14.5. The zero-order chi connectivity index (χ0) is 17.9. The third-order valence-electron chi connectivity index (χ3n) is 4.03. The topological polar surface area (TPSA) is 59.9 Å². The van der Waals surface area contributed by atoms with Gasteiger partial charge in [0, 0.05) is 21.7 Å². The summed E-state index contributed by atoms with van der Waals surface area (Å²) >= 11 is 3.27. The molecule has 0 unspecified atom stereocenters. The number of thioether (sulfide) groups is 2. The maximum Gasteiger partial charge on any atom is 0.247 e. The fraction of sp³-hybridized carbons (Fsp3) is 0.211. The van der Waals surface area contributed by atoms with Gasteiger partial charge < -0.3 is 10.1 Å². The lowest BCUT2D eigenvalue weighted by Crippen LogP contribution is -2.17. The zero-order valence-corrected chi connectivity index (χ0v) is 16.1. The van der Waals surface area contributed by atoms with E-state index >= 15 is 0 Å². The number of hydrogen-bond acceptors (Lipinski definition) is 7. The summed E-state index contributed by atoms with van der Waals surface area (Å²) in [5, 5.41) is 12.7. The monoisotopic (exact) mass is 382 g/mol. The van der Waals surface area contributed by atoms with Gasteiger partial charge in [-0.15, -0.1) is 22.0 Å². The number of benzene rings is 2. The quantitative estimate of drug-likeness (QED) is 0.646. The van der Waals surface area contributed by atoms with Crippen LogP contribution in [0.2, 0.25) is 0 Å². The molecule has 0 saturated heterocycles. The average Bonchev–Trinajstić information content (AvgIpc) is 2.85. The van der Waals surface area contributed by atoms with Crippen molar-refractivity contribution >= 4 is 29.2 Å². The van der Waals surface area contributed by atoms with Gasteiger partial charge in [0.05, 0.1) is 0 Å². The number of anilines is 1. The molecule has 2 aromatic carbocycles. The van der Waals surface area contributed by atoms with Crippen LogP contribution >= 0.6 is 23.5 Å². The Hall–Kier alpha value is -2.25. The second kappa shape index (κ2) is 7.55. The highest BCUT2D eigenvalue weighted by Crippen LogP contribution is 2.39. The first kappa shape index (κ1) is 17.2. The average molecular weight is 383 g/mol. The van der Waals surface area contributed by atoms with E-state index in [0.29, 0.717) is 16.7 Å². The Morgan fingerprint density at radius 2 is 1.88 bits per heavy atom. The van der Waals surface area contributed by atoms with E-state index < -0.39 is 0 Å². The van der Waals surface area contributed by atoms with Crippen LogP contribution in [0, 0.1) is 0 Å². The molecule has 0 aliphatic carbocycles. The molecule has 1 aromatic heterocycles. The molecule has 2 heterocycles. The summed E-state index contributed by atoms with van der Waals surface area (Å²) in [5.74, 6) is 1.39. The summed E-state index contributed by atoms with van der Waals surface area (Å²) < 4.78 is 6.24. The predicted octanol–water partition coefficient (Wildman–Crippen LogP) is 4.88. The van der Waals surface area contributed by atoms with Crippen LogP contribution in [0.5, 0.6) is 5.88 Å². The van der Waals surface area contributed by atoms with Crippen molar-refractivity contribution < 1.29 is 4.74 Å². The first-order chi connectivity index (χ1) is 12.8. The maximum absolute atomic E-state index is 6.24. The van der Waals surface area contributed by atoms with Crippen LogP contribution in [0.1, 0.15) is 18.7 Å². The van der Waals surface area contributed by atoms with E-state index in [9.17, 15) is 0 Å². The Morgan fingerprint density at radius 3 is 2.65 bits per heavy atom. The van der Waals surface area contributed by atoms with E-state index in [1.807, 2.05) is 24.3 Å². The van der Waals surface area contributed by atoms with Crippen LogP contribution in [0.3, 0.4) is 0 Å². The highest BCUT2D eigenvalue weighted by molar-refractivity contribution is 7.99. The van der Waals surface area contributed by atoms with Gasteiger partial charge in [0.2, 0.25) is 11.0 Å². The number of fused-ring (bicyclic) bond motifs is 3. The van der Waals surface area contributed by atoms with Gasteiger partial charge >= 0.3 is 0 Å². The summed E-state index contributed by atoms with van der Waals surface area (Å²) in [6, 6.07) is 16.3. The van der Waals surface area contributed by atoms with Gasteiger partial charge in [-0.1, -0.05) is 49.0 Å². The molecule has 132 valence electrons. The lowest BCUT2D eigenvalue weighted by atomic mass is 10.1. The van der Waals surface area contributed by atoms with Gasteiger partial charge in [-0.2, -0.15) is 4.98 Å². The van der Waals surface area contributed by atoms with Gasteiger partial charge in [-0.25, -0.2) is 0 Å². The van der Waals surface area contributed by atoms with Crippen molar-refractivity contribution in [2.24, 2.45) is 0 Å². The SMILES string of the molecule is CCSc1nnc2c(n1)O[C@H](c1ccc(SC)cc1)Nc1ccccc1-2. The second-order valence-electron chi connectivity index (χ2n) is 5.64. The molecule has 0 spiro atoms. The second-order valence-corrected chi connectivity index (χ2v) is 7.75. The van der Waals surface area contributed by atoms with Gasteiger partial charge in [-0.05, 0) is 30.2 Å². The van der Waals surface area contributed by atoms with Crippen molar-refractivity contribution in [1.82, 2.24) is 15.2 Å². The number of ether oxygens (including phenoxy) is 1. The Labute approximate surface area is 161 Å². The molecule has 1 aliphatic heterocycles. The molecular weight excluding hydrogens is 364 g/mol. The molecule has 0 fully saturated rings. The van der Waals surface area contributed by atoms with Crippen LogP contribution in [0.25, 0.3) is 11.3 Å². The molecule has 1 atom stereocenters. The lowest BCUT2D eigenvalue weighted by Gasteiger charge is -2.19. The number of nitrogens with zero attached hydrogens (tertiary/aromatic N) is 3. The fourth-order valence-corrected chi connectivity index (χ4v) is 3.68. The van der Waals surface area contributed by atoms with Crippen LogP contribution in [-0.4, -0.2) is 27.2 Å². The standard InChI is InChI=1S/C19H18N4OS2/c1-3-26-19-21-18-16(22-23-19)14-6-4-5-7-15(14)20-17(24-18)12-8-10-13(25-2)11-9-12/h4-11,17,20H,3H2,1-2H3/t17-/m1/s1. The Kier molecular flexibility index (Phi) is 4.99. The third kappa shape index (κ3) is 3.37. The molecule has 1 N–H and O–H groups in total. The minimum atomic E-state index is -0.343. The molecule has 0 saturated carbocycles. The number of nitrogens with one attached hydrogen (secondary N) is 1. The van der Waals surface area contributed by atoms with Crippen LogP contribution in [0.4, 0.5) is 5.69 Å². The lowest BCUT2D eigenvalue weighted by molar-refractivity contribution is 0.225. The van der Waals surface area contributed by atoms with Crippen LogP contribution < -0.4 is 10.1 Å². The highest BCUT2D eigenvalue weighted by atomic mass is 32.2. The molecular formula is C19H18N4OS2. The number of hydrogen-bond donors (Lipinski definition) is 1. The summed E-state index contributed by atoms with van der Waals surface area (Å²) in [6.07, 6.45) is 1.72. The van der Waals surface area contributed by atoms with Crippen molar-refractivity contribution in [3.8, 4) is 17.1 Å². The smallest absolute Gasteiger partial charge is 0.247 e. The van der Waals surface area contributed by atoms with E-state index in [4.69, 9.17) is 4.74 Å². The van der Waals surface area contributed by atoms with Crippen LogP contribution in [0.15, 0.2) is 58.6 Å². The summed E-state index contributed by atoms with van der Waals surface area (Å²) in [6.45, 7) is 2.06. The molecule has 7 heteroatoms. The summed E-state index contributed by atoms with van der Waals surface area (Å²) in [7, 11) is 0. The first-order valence-corrected chi connectivity index (χ1v) is 10.5.